The Kier molecular flexibility index (Phi) is 6.11. The minimum Gasteiger partial charge on any atom is -0.344 e. The molecule has 0 fully saturated rings. The van der Waals surface area contributed by atoms with Crippen molar-refractivity contribution in [2.45, 2.75) is 0 Å². The number of hydrogen-bond acceptors (Lipinski definition) is 1. The second kappa shape index (κ2) is 10.2. The van der Waals surface area contributed by atoms with Crippen LogP contribution in [0.15, 0.2) is 158 Å². The Bertz CT molecular complexity index is 1860. The van der Waals surface area contributed by atoms with Crippen molar-refractivity contribution in [3.05, 3.63) is 158 Å². The maximum absolute atomic E-state index is 2.35. The van der Waals surface area contributed by atoms with Crippen LogP contribution in [0.5, 0.6) is 0 Å². The maximum Gasteiger partial charge on any atom is 0.0487 e. The number of hydrogen-bond donors (Lipinski definition) is 0. The number of fused-ring (bicyclic) bond motifs is 2. The number of nitrogens with zero attached hydrogens (tertiary/aromatic N) is 1. The lowest BCUT2D eigenvalue weighted by Crippen LogP contribution is -2.11. The fourth-order valence-corrected chi connectivity index (χ4v) is 5.84. The highest BCUT2D eigenvalue weighted by Crippen LogP contribution is 2.40. The van der Waals surface area contributed by atoms with Gasteiger partial charge >= 0.3 is 0 Å². The molecule has 0 bridgehead atoms. The largest absolute Gasteiger partial charge is 0.344 e. The summed E-state index contributed by atoms with van der Waals surface area (Å²) in [5.41, 5.74) is 9.65. The van der Waals surface area contributed by atoms with Gasteiger partial charge in [0.2, 0.25) is 0 Å². The van der Waals surface area contributed by atoms with Crippen LogP contribution in [0.3, 0.4) is 0 Å². The molecule has 40 heavy (non-hydrogen) atoms. The smallest absolute Gasteiger partial charge is 0.0487 e. The fraction of sp³-hybridized carbons (Fsp3) is 0.0256. The molecule has 0 unspecified atom stereocenters. The Labute approximate surface area is 235 Å². The van der Waals surface area contributed by atoms with E-state index in [0.717, 1.165) is 5.69 Å². The molecule has 1 heteroatoms. The highest BCUT2D eigenvalue weighted by atomic mass is 15.1. The zero-order chi connectivity index (χ0) is 26.9. The predicted molar refractivity (Wildman–Crippen MR) is 172 cm³/mol. The molecular weight excluding hydrogens is 482 g/mol. The Morgan fingerprint density at radius 3 is 1.48 bits per heavy atom. The summed E-state index contributed by atoms with van der Waals surface area (Å²) < 4.78 is 0. The monoisotopic (exact) mass is 511 g/mol. The highest BCUT2D eigenvalue weighted by molar-refractivity contribution is 6.01. The second-order valence-corrected chi connectivity index (χ2v) is 10.3. The molecular formula is C39H29N. The quantitative estimate of drug-likeness (QED) is 0.222. The average Bonchev–Trinajstić information content (AvgIpc) is 3.04. The van der Waals surface area contributed by atoms with Gasteiger partial charge in [0.1, 0.15) is 0 Å². The van der Waals surface area contributed by atoms with E-state index in [1.165, 1.54) is 60.6 Å². The number of benzene rings is 7. The van der Waals surface area contributed by atoms with Crippen LogP contribution in [0.1, 0.15) is 0 Å². The third-order valence-corrected chi connectivity index (χ3v) is 7.86. The van der Waals surface area contributed by atoms with Gasteiger partial charge in [0.05, 0.1) is 0 Å². The van der Waals surface area contributed by atoms with Crippen LogP contribution in [0.2, 0.25) is 0 Å². The van der Waals surface area contributed by atoms with Crippen LogP contribution in [0.4, 0.5) is 11.4 Å². The molecule has 0 amide bonds. The molecule has 0 aromatic heterocycles. The van der Waals surface area contributed by atoms with Gasteiger partial charge in [-0.05, 0) is 73.6 Å². The van der Waals surface area contributed by atoms with Gasteiger partial charge in [-0.25, -0.2) is 0 Å². The van der Waals surface area contributed by atoms with Gasteiger partial charge in [0.15, 0.2) is 0 Å². The molecule has 0 saturated heterocycles. The summed E-state index contributed by atoms with van der Waals surface area (Å²) >= 11 is 0. The van der Waals surface area contributed by atoms with Crippen molar-refractivity contribution in [2.24, 2.45) is 0 Å². The molecule has 0 aliphatic heterocycles. The van der Waals surface area contributed by atoms with Crippen LogP contribution in [-0.4, -0.2) is 7.05 Å². The molecule has 0 aliphatic rings. The standard InChI is InChI=1S/C39H29N/c1-40(39-24-10-9-21-38(39)30-13-3-2-4-14-30)33-26-31(36-22-11-17-28-15-5-7-19-34(28)36)25-32(27-33)37-23-12-18-29-16-6-8-20-35(29)37/h2-27H,1H3. The molecule has 7 aromatic rings. The van der Waals surface area contributed by atoms with E-state index in [2.05, 4.69) is 170 Å². The predicted octanol–water partition coefficient (Wildman–Crippen LogP) is 10.8. The third kappa shape index (κ3) is 4.32. The lowest BCUT2D eigenvalue weighted by Gasteiger charge is -2.25. The lowest BCUT2D eigenvalue weighted by molar-refractivity contribution is 1.21. The molecule has 0 saturated carbocycles. The SMILES string of the molecule is CN(c1cc(-c2cccc3ccccc23)cc(-c2cccc3ccccc23)c1)c1ccccc1-c1ccccc1. The van der Waals surface area contributed by atoms with Crippen molar-refractivity contribution < 1.29 is 0 Å². The number of para-hydroxylation sites is 1. The van der Waals surface area contributed by atoms with E-state index in [9.17, 15) is 0 Å². The Hall–Kier alpha value is -5.14. The van der Waals surface area contributed by atoms with Crippen molar-refractivity contribution >= 4 is 32.9 Å². The minimum absolute atomic E-state index is 1.15. The van der Waals surface area contributed by atoms with Gasteiger partial charge in [-0.15, -0.1) is 0 Å². The fourth-order valence-electron chi connectivity index (χ4n) is 5.84. The molecule has 0 spiro atoms. The molecule has 7 rings (SSSR count). The molecule has 1 nitrogen and oxygen atoms in total. The Balaban J connectivity index is 1.47. The first-order valence-corrected chi connectivity index (χ1v) is 13.8. The summed E-state index contributed by atoms with van der Waals surface area (Å²) in [5, 5.41) is 5.02. The molecule has 7 aromatic carbocycles. The highest BCUT2D eigenvalue weighted by Gasteiger charge is 2.15. The average molecular weight is 512 g/mol. The van der Waals surface area contributed by atoms with Crippen LogP contribution in [0.25, 0.3) is 54.9 Å². The molecule has 0 atom stereocenters. The van der Waals surface area contributed by atoms with E-state index in [4.69, 9.17) is 0 Å². The minimum atomic E-state index is 1.15. The van der Waals surface area contributed by atoms with E-state index in [0.29, 0.717) is 0 Å². The van der Waals surface area contributed by atoms with E-state index < -0.39 is 0 Å². The Morgan fingerprint density at radius 1 is 0.375 bits per heavy atom. The van der Waals surface area contributed by atoms with Crippen molar-refractivity contribution in [1.82, 2.24) is 0 Å². The first-order chi connectivity index (χ1) is 19.8. The molecule has 0 N–H and O–H groups in total. The van der Waals surface area contributed by atoms with Crippen molar-refractivity contribution in [1.29, 1.82) is 0 Å². The first-order valence-electron chi connectivity index (χ1n) is 13.8. The topological polar surface area (TPSA) is 3.24 Å². The summed E-state index contributed by atoms with van der Waals surface area (Å²) in [6.07, 6.45) is 0. The van der Waals surface area contributed by atoms with E-state index in [1.54, 1.807) is 0 Å². The van der Waals surface area contributed by atoms with Crippen LogP contribution >= 0.6 is 0 Å². The molecule has 0 aliphatic carbocycles. The summed E-state index contributed by atoms with van der Waals surface area (Å²) in [6, 6.07) is 56.8. The van der Waals surface area contributed by atoms with Gasteiger partial charge in [0, 0.05) is 24.0 Å². The molecule has 190 valence electrons. The van der Waals surface area contributed by atoms with Gasteiger partial charge in [-0.1, -0.05) is 133 Å². The van der Waals surface area contributed by atoms with Gasteiger partial charge in [-0.3, -0.25) is 0 Å². The van der Waals surface area contributed by atoms with E-state index >= 15 is 0 Å². The Morgan fingerprint density at radius 2 is 0.850 bits per heavy atom. The van der Waals surface area contributed by atoms with Crippen LogP contribution in [-0.2, 0) is 0 Å². The van der Waals surface area contributed by atoms with Gasteiger partial charge < -0.3 is 4.90 Å². The van der Waals surface area contributed by atoms with Crippen molar-refractivity contribution in [2.75, 3.05) is 11.9 Å². The zero-order valence-corrected chi connectivity index (χ0v) is 22.5. The summed E-state index contributed by atoms with van der Waals surface area (Å²) in [7, 11) is 2.18. The second-order valence-electron chi connectivity index (χ2n) is 10.3. The van der Waals surface area contributed by atoms with E-state index in [1.807, 2.05) is 0 Å². The summed E-state index contributed by atoms with van der Waals surface area (Å²) in [6.45, 7) is 0. The normalized spacial score (nSPS) is 11.1. The van der Waals surface area contributed by atoms with Gasteiger partial charge in [-0.2, -0.15) is 0 Å². The van der Waals surface area contributed by atoms with Gasteiger partial charge in [0.25, 0.3) is 0 Å². The number of anilines is 2. The van der Waals surface area contributed by atoms with Crippen molar-refractivity contribution in [3.63, 3.8) is 0 Å². The summed E-state index contributed by atoms with van der Waals surface area (Å²) in [5.74, 6) is 0. The van der Waals surface area contributed by atoms with Crippen LogP contribution < -0.4 is 4.90 Å². The third-order valence-electron chi connectivity index (χ3n) is 7.86. The van der Waals surface area contributed by atoms with Crippen molar-refractivity contribution in [3.8, 4) is 33.4 Å². The molecule has 0 heterocycles. The maximum atomic E-state index is 2.35. The van der Waals surface area contributed by atoms with E-state index in [-0.39, 0.29) is 0 Å². The zero-order valence-electron chi connectivity index (χ0n) is 22.5. The molecule has 0 radical (unpaired) electrons. The summed E-state index contributed by atoms with van der Waals surface area (Å²) in [4.78, 5) is 2.32. The number of rotatable bonds is 5. The van der Waals surface area contributed by atoms with Crippen LogP contribution in [0, 0.1) is 0 Å². The first kappa shape index (κ1) is 23.9. The lowest BCUT2D eigenvalue weighted by atomic mass is 9.92.